The summed E-state index contributed by atoms with van der Waals surface area (Å²) < 4.78 is 1.90. The molecule has 0 saturated heterocycles. The fraction of sp³-hybridized carbons (Fsp3) is 0.538. The summed E-state index contributed by atoms with van der Waals surface area (Å²) in [5.41, 5.74) is 3.34. The van der Waals surface area contributed by atoms with Gasteiger partial charge in [-0.1, -0.05) is 11.8 Å². The lowest BCUT2D eigenvalue weighted by molar-refractivity contribution is -0.121. The third-order valence-electron chi connectivity index (χ3n) is 3.35. The Balaban J connectivity index is 1.66. The lowest BCUT2D eigenvalue weighted by Crippen LogP contribution is -2.27. The van der Waals surface area contributed by atoms with E-state index in [1.54, 1.807) is 0 Å². The molecule has 2 heterocycles. The molecule has 0 aliphatic heterocycles. The fourth-order valence-corrected chi connectivity index (χ4v) is 2.54. The molecule has 7 nitrogen and oxygen atoms in total. The van der Waals surface area contributed by atoms with Gasteiger partial charge in [0.25, 0.3) is 0 Å². The Bertz CT molecular complexity index is 592. The van der Waals surface area contributed by atoms with Gasteiger partial charge in [-0.2, -0.15) is 10.2 Å². The Morgan fingerprint density at radius 1 is 1.43 bits per heavy atom. The monoisotopic (exact) mass is 308 g/mol. The molecule has 2 N–H and O–H groups in total. The second kappa shape index (κ2) is 7.26. The zero-order valence-electron chi connectivity index (χ0n) is 12.5. The number of carbonyl (C=O) groups excluding carboxylic acids is 1. The first kappa shape index (κ1) is 15.6. The van der Waals surface area contributed by atoms with Crippen LogP contribution in [0.4, 0.5) is 0 Å². The predicted octanol–water partition coefficient (Wildman–Crippen LogP) is 1.23. The molecule has 8 heteroatoms. The van der Waals surface area contributed by atoms with Crippen LogP contribution in [0.2, 0.25) is 0 Å². The van der Waals surface area contributed by atoms with Crippen molar-refractivity contribution in [1.82, 2.24) is 30.3 Å². The molecule has 0 saturated carbocycles. The van der Waals surface area contributed by atoms with Crippen molar-refractivity contribution in [3.8, 4) is 0 Å². The van der Waals surface area contributed by atoms with Gasteiger partial charge in [0, 0.05) is 31.0 Å². The Morgan fingerprint density at radius 3 is 2.86 bits per heavy atom. The summed E-state index contributed by atoms with van der Waals surface area (Å²) in [4.78, 5) is 15.8. The molecule has 21 heavy (non-hydrogen) atoms. The van der Waals surface area contributed by atoms with Crippen LogP contribution in [0.1, 0.15) is 23.4 Å². The molecule has 2 rings (SSSR count). The highest BCUT2D eigenvalue weighted by molar-refractivity contribution is 7.99. The highest BCUT2D eigenvalue weighted by Crippen LogP contribution is 2.11. The molecule has 0 radical (unpaired) electrons. The smallest absolute Gasteiger partial charge is 0.221 e. The van der Waals surface area contributed by atoms with Crippen LogP contribution in [-0.2, 0) is 11.3 Å². The van der Waals surface area contributed by atoms with Gasteiger partial charge in [-0.05, 0) is 26.3 Å². The van der Waals surface area contributed by atoms with Gasteiger partial charge in [0.1, 0.15) is 6.33 Å². The quantitative estimate of drug-likeness (QED) is 0.593. The van der Waals surface area contributed by atoms with E-state index in [0.29, 0.717) is 19.5 Å². The first-order valence-electron chi connectivity index (χ1n) is 6.83. The van der Waals surface area contributed by atoms with Crippen LogP contribution in [0.3, 0.4) is 0 Å². The van der Waals surface area contributed by atoms with Crippen LogP contribution in [0, 0.1) is 20.8 Å². The SMILES string of the molecule is Cc1nn(CCC(=O)NCCSc2ncn[nH]2)c(C)c1C. The first-order chi connectivity index (χ1) is 10.1. The molecular formula is C13H20N6OS. The number of amides is 1. The van der Waals surface area contributed by atoms with Crippen molar-refractivity contribution in [2.45, 2.75) is 38.9 Å². The lowest BCUT2D eigenvalue weighted by Gasteiger charge is -2.06. The fourth-order valence-electron chi connectivity index (χ4n) is 1.90. The van der Waals surface area contributed by atoms with Crippen LogP contribution >= 0.6 is 11.8 Å². The Hall–Kier alpha value is -1.83. The van der Waals surface area contributed by atoms with Crippen LogP contribution in [0.25, 0.3) is 0 Å². The molecule has 2 aromatic heterocycles. The van der Waals surface area contributed by atoms with Crippen molar-refractivity contribution in [3.05, 3.63) is 23.3 Å². The van der Waals surface area contributed by atoms with E-state index in [9.17, 15) is 4.79 Å². The summed E-state index contributed by atoms with van der Waals surface area (Å²) in [5.74, 6) is 0.804. The van der Waals surface area contributed by atoms with E-state index in [1.165, 1.54) is 23.7 Å². The largest absolute Gasteiger partial charge is 0.355 e. The predicted molar refractivity (Wildman–Crippen MR) is 81.2 cm³/mol. The maximum Gasteiger partial charge on any atom is 0.221 e. The summed E-state index contributed by atoms with van der Waals surface area (Å²) in [6.07, 6.45) is 1.91. The summed E-state index contributed by atoms with van der Waals surface area (Å²) in [7, 11) is 0. The number of rotatable bonds is 7. The normalized spacial score (nSPS) is 10.8. The van der Waals surface area contributed by atoms with Gasteiger partial charge < -0.3 is 5.32 Å². The summed E-state index contributed by atoms with van der Waals surface area (Å²) >= 11 is 1.53. The van der Waals surface area contributed by atoms with E-state index < -0.39 is 0 Å². The zero-order chi connectivity index (χ0) is 15.2. The van der Waals surface area contributed by atoms with Gasteiger partial charge in [-0.3, -0.25) is 14.6 Å². The lowest BCUT2D eigenvalue weighted by atomic mass is 10.2. The average molecular weight is 308 g/mol. The molecule has 0 aliphatic carbocycles. The second-order valence-corrected chi connectivity index (χ2v) is 5.84. The minimum atomic E-state index is 0.0402. The number of carbonyl (C=O) groups is 1. The number of aryl methyl sites for hydroxylation is 2. The van der Waals surface area contributed by atoms with E-state index in [4.69, 9.17) is 0 Å². The molecule has 0 aliphatic rings. The van der Waals surface area contributed by atoms with Gasteiger partial charge in [-0.25, -0.2) is 4.98 Å². The van der Waals surface area contributed by atoms with Crippen LogP contribution in [-0.4, -0.2) is 43.2 Å². The van der Waals surface area contributed by atoms with Crippen LogP contribution in [0.15, 0.2) is 11.5 Å². The molecule has 0 bridgehead atoms. The van der Waals surface area contributed by atoms with E-state index in [1.807, 2.05) is 18.5 Å². The second-order valence-electron chi connectivity index (χ2n) is 4.76. The highest BCUT2D eigenvalue weighted by Gasteiger charge is 2.08. The van der Waals surface area contributed by atoms with Crippen molar-refractivity contribution >= 4 is 17.7 Å². The summed E-state index contributed by atoms with van der Waals surface area (Å²) in [6, 6.07) is 0. The maximum atomic E-state index is 11.8. The highest BCUT2D eigenvalue weighted by atomic mass is 32.2. The molecule has 1 amide bonds. The average Bonchev–Trinajstić information content (AvgIpc) is 3.06. The molecule has 0 fully saturated rings. The van der Waals surface area contributed by atoms with Gasteiger partial charge >= 0.3 is 0 Å². The van der Waals surface area contributed by atoms with E-state index in [0.717, 1.165) is 22.3 Å². The molecule has 0 aromatic carbocycles. The third-order valence-corrected chi connectivity index (χ3v) is 4.23. The van der Waals surface area contributed by atoms with E-state index in [-0.39, 0.29) is 5.91 Å². The van der Waals surface area contributed by atoms with Crippen molar-refractivity contribution in [2.75, 3.05) is 12.3 Å². The maximum absolute atomic E-state index is 11.8. The van der Waals surface area contributed by atoms with Crippen LogP contribution in [0.5, 0.6) is 0 Å². The van der Waals surface area contributed by atoms with Gasteiger partial charge in [-0.15, -0.1) is 0 Å². The topological polar surface area (TPSA) is 88.5 Å². The minimum Gasteiger partial charge on any atom is -0.355 e. The molecule has 0 atom stereocenters. The Labute approximate surface area is 127 Å². The number of nitrogens with one attached hydrogen (secondary N) is 2. The number of hydrogen-bond donors (Lipinski definition) is 2. The number of H-pyrrole nitrogens is 1. The molecular weight excluding hydrogens is 288 g/mol. The Morgan fingerprint density at radius 2 is 2.24 bits per heavy atom. The minimum absolute atomic E-state index is 0.0402. The van der Waals surface area contributed by atoms with Crippen molar-refractivity contribution in [2.24, 2.45) is 0 Å². The van der Waals surface area contributed by atoms with Gasteiger partial charge in [0.05, 0.1) is 5.69 Å². The number of nitrogens with zero attached hydrogens (tertiary/aromatic N) is 4. The van der Waals surface area contributed by atoms with Crippen molar-refractivity contribution in [1.29, 1.82) is 0 Å². The third kappa shape index (κ3) is 4.32. The van der Waals surface area contributed by atoms with Crippen LogP contribution < -0.4 is 5.32 Å². The van der Waals surface area contributed by atoms with Gasteiger partial charge in [0.2, 0.25) is 5.91 Å². The molecule has 2 aromatic rings. The first-order valence-corrected chi connectivity index (χ1v) is 7.82. The standard InChI is InChI=1S/C13H20N6OS/c1-9-10(2)18-19(11(9)3)6-4-12(20)14-5-7-21-13-15-8-16-17-13/h8H,4-7H2,1-3H3,(H,14,20)(H,15,16,17). The van der Waals surface area contributed by atoms with Crippen molar-refractivity contribution in [3.63, 3.8) is 0 Å². The molecule has 0 spiro atoms. The Kier molecular flexibility index (Phi) is 5.38. The van der Waals surface area contributed by atoms with E-state index in [2.05, 4.69) is 32.5 Å². The van der Waals surface area contributed by atoms with E-state index >= 15 is 0 Å². The van der Waals surface area contributed by atoms with Gasteiger partial charge in [0.15, 0.2) is 5.16 Å². The number of hydrogen-bond acceptors (Lipinski definition) is 5. The molecule has 0 unspecified atom stereocenters. The molecule has 114 valence electrons. The number of aromatic nitrogens is 5. The number of aromatic amines is 1. The van der Waals surface area contributed by atoms with Crippen molar-refractivity contribution < 1.29 is 4.79 Å². The number of thioether (sulfide) groups is 1. The zero-order valence-corrected chi connectivity index (χ0v) is 13.3. The summed E-state index contributed by atoms with van der Waals surface area (Å²) in [6.45, 7) is 7.29. The summed E-state index contributed by atoms with van der Waals surface area (Å²) in [5, 5.41) is 14.6.